The Morgan fingerprint density at radius 3 is 1.52 bits per heavy atom. The van der Waals surface area contributed by atoms with Crippen molar-refractivity contribution in [3.8, 4) is 22.3 Å². The Morgan fingerprint density at radius 2 is 1.00 bits per heavy atom. The van der Waals surface area contributed by atoms with E-state index in [1.807, 2.05) is 12.1 Å². The van der Waals surface area contributed by atoms with Crippen molar-refractivity contribution in [1.29, 1.82) is 0 Å². The van der Waals surface area contributed by atoms with Crippen molar-refractivity contribution in [2.75, 3.05) is 5.73 Å². The maximum atomic E-state index is 6.05. The number of hydrogen-bond donors (Lipinski definition) is 1. The van der Waals surface area contributed by atoms with Crippen LogP contribution in [0.2, 0.25) is 0 Å². The molecule has 2 N–H and O–H groups in total. The van der Waals surface area contributed by atoms with Gasteiger partial charge in [0, 0.05) is 11.8 Å². The summed E-state index contributed by atoms with van der Waals surface area (Å²) in [6.45, 7) is 0. The topological polar surface area (TPSA) is 26.0 Å². The number of hydrogen-bond acceptors (Lipinski definition) is 1. The van der Waals surface area contributed by atoms with Gasteiger partial charge >= 0.3 is 0 Å². The molecule has 0 spiro atoms. The lowest BCUT2D eigenvalue weighted by atomic mass is 9.86. The molecule has 127 valence electrons. The largest absolute Gasteiger partial charge is 0.398 e. The molecule has 1 heteroatoms. The molecule has 27 heavy (non-hydrogen) atoms. The van der Waals surface area contributed by atoms with Crippen LogP contribution >= 0.6 is 0 Å². The van der Waals surface area contributed by atoms with E-state index in [1.165, 1.54) is 38.2 Å². The number of nitrogen functional groups attached to an aromatic ring is 1. The molecule has 0 aliphatic heterocycles. The molecule has 0 amide bonds. The van der Waals surface area contributed by atoms with Gasteiger partial charge in [-0.3, -0.25) is 0 Å². The third-order valence-corrected chi connectivity index (χ3v) is 5.11. The first-order chi connectivity index (χ1) is 13.3. The van der Waals surface area contributed by atoms with E-state index in [0.29, 0.717) is 5.69 Å². The third kappa shape index (κ3) is 2.56. The summed E-state index contributed by atoms with van der Waals surface area (Å²) in [6.07, 6.45) is 0. The minimum Gasteiger partial charge on any atom is -0.398 e. The Hall–Kier alpha value is -3.58. The van der Waals surface area contributed by atoms with Crippen LogP contribution in [0.4, 0.5) is 5.69 Å². The van der Waals surface area contributed by atoms with E-state index in [-0.39, 0.29) is 0 Å². The van der Waals surface area contributed by atoms with Crippen molar-refractivity contribution in [3.05, 3.63) is 103 Å². The van der Waals surface area contributed by atoms with Crippen LogP contribution in [0.25, 0.3) is 43.8 Å². The van der Waals surface area contributed by atoms with E-state index in [0.717, 1.165) is 5.56 Å². The van der Waals surface area contributed by atoms with E-state index in [2.05, 4.69) is 91.0 Å². The quantitative estimate of drug-likeness (QED) is 0.279. The maximum absolute atomic E-state index is 6.05. The lowest BCUT2D eigenvalue weighted by Gasteiger charge is -2.17. The summed E-state index contributed by atoms with van der Waals surface area (Å²) >= 11 is 0. The summed E-state index contributed by atoms with van der Waals surface area (Å²) in [6, 6.07) is 37.0. The summed E-state index contributed by atoms with van der Waals surface area (Å²) in [5.41, 5.74) is 11.6. The highest BCUT2D eigenvalue weighted by Gasteiger charge is 2.15. The van der Waals surface area contributed by atoms with Gasteiger partial charge in [-0.1, -0.05) is 91.0 Å². The van der Waals surface area contributed by atoms with E-state index in [1.54, 1.807) is 0 Å². The van der Waals surface area contributed by atoms with Gasteiger partial charge in [-0.05, 0) is 49.9 Å². The second kappa shape index (κ2) is 6.30. The molecular weight excluding hydrogens is 326 g/mol. The van der Waals surface area contributed by atoms with Crippen molar-refractivity contribution >= 4 is 27.2 Å². The Labute approximate surface area is 158 Å². The van der Waals surface area contributed by atoms with Crippen LogP contribution in [0.3, 0.4) is 0 Å². The highest BCUT2D eigenvalue weighted by atomic mass is 14.5. The monoisotopic (exact) mass is 344 g/mol. The molecule has 1 nitrogen and oxygen atoms in total. The number of benzene rings is 5. The summed E-state index contributed by atoms with van der Waals surface area (Å²) in [5, 5.41) is 4.98. The molecule has 0 heterocycles. The average Bonchev–Trinajstić information content (AvgIpc) is 2.72. The fourth-order valence-electron chi connectivity index (χ4n) is 4.00. The summed E-state index contributed by atoms with van der Waals surface area (Å²) in [7, 11) is 0. The van der Waals surface area contributed by atoms with Crippen LogP contribution in [-0.4, -0.2) is 0 Å². The van der Waals surface area contributed by atoms with Gasteiger partial charge < -0.3 is 5.73 Å². The van der Waals surface area contributed by atoms with E-state index in [4.69, 9.17) is 5.73 Å². The molecule has 0 aliphatic carbocycles. The number of rotatable bonds is 2. The molecule has 0 aromatic heterocycles. The van der Waals surface area contributed by atoms with Gasteiger partial charge in [0.25, 0.3) is 0 Å². The fraction of sp³-hybridized carbons (Fsp3) is 0. The summed E-state index contributed by atoms with van der Waals surface area (Å²) in [5.74, 6) is 0. The van der Waals surface area contributed by atoms with Crippen molar-refractivity contribution in [1.82, 2.24) is 0 Å². The van der Waals surface area contributed by atoms with Crippen LogP contribution in [0.1, 0.15) is 0 Å². The predicted octanol–water partition coefficient (Wildman–Crippen LogP) is 6.71. The first-order valence-corrected chi connectivity index (χ1v) is 9.09. The zero-order valence-electron chi connectivity index (χ0n) is 14.8. The molecule has 0 bridgehead atoms. The molecule has 5 aromatic rings. The molecule has 0 atom stereocenters. The lowest BCUT2D eigenvalue weighted by molar-refractivity contribution is 1.64. The SMILES string of the molecule is Nc1[c]ccc(-c2c3ccccc3c(-c3ccccc3)c3ccccc23)c1. The predicted molar refractivity (Wildman–Crippen MR) is 116 cm³/mol. The second-order valence-electron chi connectivity index (χ2n) is 6.74. The molecule has 0 unspecified atom stereocenters. The van der Waals surface area contributed by atoms with Crippen molar-refractivity contribution < 1.29 is 0 Å². The standard InChI is InChI=1S/C26H18N/c27-20-12-8-11-19(17-20)26-23-15-6-4-13-21(23)25(18-9-2-1-3-10-18)22-14-5-7-16-24(22)26/h1-11,13-17H,27H2. The smallest absolute Gasteiger partial charge is 0.0400 e. The molecule has 0 fully saturated rings. The second-order valence-corrected chi connectivity index (χ2v) is 6.74. The van der Waals surface area contributed by atoms with Gasteiger partial charge in [-0.15, -0.1) is 0 Å². The number of anilines is 1. The highest BCUT2D eigenvalue weighted by Crippen LogP contribution is 2.43. The molecule has 0 saturated carbocycles. The Morgan fingerprint density at radius 1 is 0.519 bits per heavy atom. The third-order valence-electron chi connectivity index (χ3n) is 5.11. The van der Waals surface area contributed by atoms with Crippen LogP contribution in [0.15, 0.2) is 97.1 Å². The van der Waals surface area contributed by atoms with E-state index < -0.39 is 0 Å². The molecule has 0 saturated heterocycles. The van der Waals surface area contributed by atoms with Crippen molar-refractivity contribution in [2.45, 2.75) is 0 Å². The lowest BCUT2D eigenvalue weighted by Crippen LogP contribution is -1.91. The fourth-order valence-corrected chi connectivity index (χ4v) is 4.00. The summed E-state index contributed by atoms with van der Waals surface area (Å²) < 4.78 is 0. The normalized spacial score (nSPS) is 11.1. The average molecular weight is 344 g/mol. The molecular formula is C26H18N. The van der Waals surface area contributed by atoms with Gasteiger partial charge in [0.2, 0.25) is 0 Å². The van der Waals surface area contributed by atoms with Crippen molar-refractivity contribution in [3.63, 3.8) is 0 Å². The van der Waals surface area contributed by atoms with Crippen LogP contribution in [0, 0.1) is 6.07 Å². The van der Waals surface area contributed by atoms with Gasteiger partial charge in [0.05, 0.1) is 0 Å². The number of fused-ring (bicyclic) bond motifs is 2. The molecule has 1 radical (unpaired) electrons. The number of nitrogens with two attached hydrogens (primary N) is 1. The Bertz CT molecular complexity index is 1210. The maximum Gasteiger partial charge on any atom is 0.0400 e. The molecule has 0 aliphatic rings. The first-order valence-electron chi connectivity index (χ1n) is 9.09. The van der Waals surface area contributed by atoms with Crippen molar-refractivity contribution in [2.24, 2.45) is 0 Å². The molecule has 5 rings (SSSR count). The zero-order chi connectivity index (χ0) is 18.2. The van der Waals surface area contributed by atoms with Gasteiger partial charge in [-0.2, -0.15) is 0 Å². The Balaban J connectivity index is 2.01. The van der Waals surface area contributed by atoms with Gasteiger partial charge in [0.15, 0.2) is 0 Å². The Kier molecular flexibility index (Phi) is 3.65. The highest BCUT2D eigenvalue weighted by molar-refractivity contribution is 6.21. The van der Waals surface area contributed by atoms with Crippen LogP contribution in [0.5, 0.6) is 0 Å². The minimum absolute atomic E-state index is 0.660. The van der Waals surface area contributed by atoms with Gasteiger partial charge in [-0.25, -0.2) is 0 Å². The zero-order valence-corrected chi connectivity index (χ0v) is 14.8. The van der Waals surface area contributed by atoms with E-state index in [9.17, 15) is 0 Å². The van der Waals surface area contributed by atoms with E-state index >= 15 is 0 Å². The first kappa shape index (κ1) is 15.7. The van der Waals surface area contributed by atoms with Crippen LogP contribution in [-0.2, 0) is 0 Å². The molecule has 5 aromatic carbocycles. The van der Waals surface area contributed by atoms with Crippen LogP contribution < -0.4 is 5.73 Å². The minimum atomic E-state index is 0.660. The van der Waals surface area contributed by atoms with Gasteiger partial charge in [0.1, 0.15) is 0 Å². The summed E-state index contributed by atoms with van der Waals surface area (Å²) in [4.78, 5) is 0.